The highest BCUT2D eigenvalue weighted by molar-refractivity contribution is 6.30. The monoisotopic (exact) mass is 256 g/mol. The zero-order valence-corrected chi connectivity index (χ0v) is 11.3. The third-order valence-corrected chi connectivity index (χ3v) is 2.55. The molecule has 0 unspecified atom stereocenters. The Bertz CT molecular complexity index is 318. The van der Waals surface area contributed by atoms with Crippen LogP contribution in [0.3, 0.4) is 0 Å². The second-order valence-electron chi connectivity index (χ2n) is 4.24. The molecule has 17 heavy (non-hydrogen) atoms. The van der Waals surface area contributed by atoms with Crippen molar-refractivity contribution in [2.45, 2.75) is 6.61 Å². The van der Waals surface area contributed by atoms with Gasteiger partial charge in [0, 0.05) is 24.7 Å². The minimum absolute atomic E-state index is 0.621. The lowest BCUT2D eigenvalue weighted by Crippen LogP contribution is -2.28. The highest BCUT2D eigenvalue weighted by atomic mass is 35.5. The van der Waals surface area contributed by atoms with E-state index >= 15 is 0 Å². The first-order chi connectivity index (χ1) is 8.18. The molecule has 3 nitrogen and oxygen atoms in total. The summed E-state index contributed by atoms with van der Waals surface area (Å²) >= 11 is 5.88. The van der Waals surface area contributed by atoms with Crippen LogP contribution in [0.15, 0.2) is 24.3 Å². The van der Waals surface area contributed by atoms with Gasteiger partial charge in [0.25, 0.3) is 0 Å². The third kappa shape index (κ3) is 7.34. The second-order valence-corrected chi connectivity index (χ2v) is 4.67. The molecule has 1 aromatic rings. The predicted molar refractivity (Wildman–Crippen MR) is 72.5 cm³/mol. The number of ether oxygens (including phenoxy) is 1. The van der Waals surface area contributed by atoms with Crippen LogP contribution in [0, 0.1) is 0 Å². The average Bonchev–Trinajstić information content (AvgIpc) is 2.27. The van der Waals surface area contributed by atoms with E-state index in [9.17, 15) is 0 Å². The fraction of sp³-hybridized carbons (Fsp3) is 0.538. The molecule has 1 N–H and O–H groups in total. The number of hydrogen-bond acceptors (Lipinski definition) is 3. The molecule has 96 valence electrons. The average molecular weight is 257 g/mol. The predicted octanol–water partition coefficient (Wildman–Crippen LogP) is 2.01. The van der Waals surface area contributed by atoms with Crippen molar-refractivity contribution in [3.8, 4) is 0 Å². The lowest BCUT2D eigenvalue weighted by molar-refractivity contribution is 0.122. The van der Waals surface area contributed by atoms with Gasteiger partial charge in [-0.2, -0.15) is 0 Å². The molecule has 0 atom stereocenters. The van der Waals surface area contributed by atoms with Crippen LogP contribution in [0.25, 0.3) is 0 Å². The van der Waals surface area contributed by atoms with Crippen molar-refractivity contribution in [1.82, 2.24) is 10.2 Å². The van der Waals surface area contributed by atoms with Crippen LogP contribution in [0.2, 0.25) is 5.02 Å². The highest BCUT2D eigenvalue weighted by Gasteiger charge is 1.95. The second kappa shape index (κ2) is 8.48. The summed E-state index contributed by atoms with van der Waals surface area (Å²) in [6, 6.07) is 7.76. The van der Waals surface area contributed by atoms with E-state index in [4.69, 9.17) is 16.3 Å². The van der Waals surface area contributed by atoms with Crippen molar-refractivity contribution in [1.29, 1.82) is 0 Å². The zero-order chi connectivity index (χ0) is 12.5. The Balaban J connectivity index is 2.01. The van der Waals surface area contributed by atoms with E-state index < -0.39 is 0 Å². The van der Waals surface area contributed by atoms with Crippen molar-refractivity contribution in [3.05, 3.63) is 34.9 Å². The van der Waals surface area contributed by atoms with E-state index in [-0.39, 0.29) is 0 Å². The lowest BCUT2D eigenvalue weighted by atomic mass is 10.2. The first-order valence-electron chi connectivity index (χ1n) is 5.86. The highest BCUT2D eigenvalue weighted by Crippen LogP contribution is 2.11. The Morgan fingerprint density at radius 3 is 2.82 bits per heavy atom. The summed E-state index contributed by atoms with van der Waals surface area (Å²) in [6.07, 6.45) is 0. The summed E-state index contributed by atoms with van der Waals surface area (Å²) in [7, 11) is 4.13. The van der Waals surface area contributed by atoms with Gasteiger partial charge in [0.05, 0.1) is 13.2 Å². The molecule has 0 radical (unpaired) electrons. The summed E-state index contributed by atoms with van der Waals surface area (Å²) in [5.74, 6) is 0. The quantitative estimate of drug-likeness (QED) is 0.720. The van der Waals surface area contributed by atoms with Gasteiger partial charge in [-0.1, -0.05) is 23.7 Å². The van der Waals surface area contributed by atoms with Crippen LogP contribution in [-0.4, -0.2) is 45.2 Å². The summed E-state index contributed by atoms with van der Waals surface area (Å²) in [5, 5.41) is 4.08. The molecule has 0 aliphatic rings. The van der Waals surface area contributed by atoms with Crippen LogP contribution in [0.5, 0.6) is 0 Å². The Hall–Kier alpha value is -0.610. The number of benzene rings is 1. The molecule has 0 amide bonds. The summed E-state index contributed by atoms with van der Waals surface area (Å²) in [6.45, 7) is 4.27. The van der Waals surface area contributed by atoms with Gasteiger partial charge in [-0.05, 0) is 31.8 Å². The molecule has 0 fully saturated rings. The maximum atomic E-state index is 5.88. The maximum Gasteiger partial charge on any atom is 0.0718 e. The number of hydrogen-bond donors (Lipinski definition) is 1. The molecular weight excluding hydrogens is 236 g/mol. The van der Waals surface area contributed by atoms with Crippen molar-refractivity contribution in [2.24, 2.45) is 0 Å². The molecule has 0 saturated carbocycles. The van der Waals surface area contributed by atoms with Crippen molar-refractivity contribution in [3.63, 3.8) is 0 Å². The van der Waals surface area contributed by atoms with Crippen molar-refractivity contribution >= 4 is 11.6 Å². The fourth-order valence-corrected chi connectivity index (χ4v) is 1.60. The molecule has 0 aromatic heterocycles. The molecule has 0 bridgehead atoms. The summed E-state index contributed by atoms with van der Waals surface area (Å²) < 4.78 is 5.55. The topological polar surface area (TPSA) is 24.5 Å². The van der Waals surface area contributed by atoms with Gasteiger partial charge in [0.15, 0.2) is 0 Å². The fourth-order valence-electron chi connectivity index (χ4n) is 1.39. The van der Waals surface area contributed by atoms with Crippen LogP contribution in [0.1, 0.15) is 5.56 Å². The van der Waals surface area contributed by atoms with Crippen LogP contribution >= 0.6 is 11.6 Å². The first kappa shape index (κ1) is 14.5. The number of nitrogens with one attached hydrogen (secondary N) is 1. The maximum absolute atomic E-state index is 5.88. The van der Waals surface area contributed by atoms with Crippen LogP contribution in [0.4, 0.5) is 0 Å². The number of nitrogens with zero attached hydrogens (tertiary/aromatic N) is 1. The van der Waals surface area contributed by atoms with E-state index in [1.165, 1.54) is 0 Å². The number of halogens is 1. The SMILES string of the molecule is CN(C)CCNCCOCc1cccc(Cl)c1. The van der Waals surface area contributed by atoms with Gasteiger partial charge in [-0.25, -0.2) is 0 Å². The molecule has 4 heteroatoms. The Kier molecular flexibility index (Phi) is 7.21. The Morgan fingerprint density at radius 2 is 2.12 bits per heavy atom. The van der Waals surface area contributed by atoms with Gasteiger partial charge in [-0.15, -0.1) is 0 Å². The standard InChI is InChI=1S/C13H21ClN2O/c1-16(2)8-6-15-7-9-17-11-12-4-3-5-13(14)10-12/h3-5,10,15H,6-9,11H2,1-2H3. The van der Waals surface area contributed by atoms with Gasteiger partial charge in [-0.3, -0.25) is 0 Å². The third-order valence-electron chi connectivity index (χ3n) is 2.32. The molecule has 0 aliphatic carbocycles. The van der Waals surface area contributed by atoms with E-state index in [0.29, 0.717) is 6.61 Å². The largest absolute Gasteiger partial charge is 0.375 e. The van der Waals surface area contributed by atoms with E-state index in [1.54, 1.807) is 0 Å². The Morgan fingerprint density at radius 1 is 1.29 bits per heavy atom. The van der Waals surface area contributed by atoms with Crippen molar-refractivity contribution < 1.29 is 4.74 Å². The molecule has 1 aromatic carbocycles. The number of rotatable bonds is 8. The number of likely N-dealkylation sites (N-methyl/N-ethyl adjacent to an activating group) is 1. The van der Waals surface area contributed by atoms with Crippen LogP contribution in [-0.2, 0) is 11.3 Å². The first-order valence-corrected chi connectivity index (χ1v) is 6.24. The summed E-state index contributed by atoms with van der Waals surface area (Å²) in [4.78, 5) is 2.15. The van der Waals surface area contributed by atoms with Gasteiger partial charge >= 0.3 is 0 Å². The smallest absolute Gasteiger partial charge is 0.0718 e. The van der Waals surface area contributed by atoms with E-state index in [0.717, 1.165) is 36.8 Å². The van der Waals surface area contributed by atoms with Gasteiger partial charge in [0.2, 0.25) is 0 Å². The zero-order valence-electron chi connectivity index (χ0n) is 10.6. The van der Waals surface area contributed by atoms with E-state index in [2.05, 4.69) is 24.3 Å². The van der Waals surface area contributed by atoms with Gasteiger partial charge < -0.3 is 15.0 Å². The van der Waals surface area contributed by atoms with Crippen molar-refractivity contribution in [2.75, 3.05) is 40.3 Å². The Labute approximate surface area is 109 Å². The minimum Gasteiger partial charge on any atom is -0.375 e. The van der Waals surface area contributed by atoms with Gasteiger partial charge in [0.1, 0.15) is 0 Å². The molecule has 0 saturated heterocycles. The molecule has 0 spiro atoms. The molecule has 1 rings (SSSR count). The summed E-state index contributed by atoms with van der Waals surface area (Å²) in [5.41, 5.74) is 1.12. The molecular formula is C13H21ClN2O. The molecule has 0 aliphatic heterocycles. The lowest BCUT2D eigenvalue weighted by Gasteiger charge is -2.10. The van der Waals surface area contributed by atoms with Crippen LogP contribution < -0.4 is 5.32 Å². The molecule has 0 heterocycles. The normalized spacial score (nSPS) is 11.1. The van der Waals surface area contributed by atoms with E-state index in [1.807, 2.05) is 24.3 Å². The minimum atomic E-state index is 0.621.